The van der Waals surface area contributed by atoms with E-state index in [0.717, 1.165) is 25.2 Å². The van der Waals surface area contributed by atoms with E-state index in [-0.39, 0.29) is 12.4 Å². The van der Waals surface area contributed by atoms with E-state index in [1.54, 1.807) is 0 Å². The zero-order chi connectivity index (χ0) is 6.81. The highest BCUT2D eigenvalue weighted by Gasteiger charge is 2.27. The first-order valence-electron chi connectivity index (χ1n) is 4.28. The van der Waals surface area contributed by atoms with Crippen molar-refractivity contribution in [2.75, 3.05) is 19.8 Å². The molecule has 0 amide bonds. The van der Waals surface area contributed by atoms with Crippen LogP contribution in [0.25, 0.3) is 0 Å². The Morgan fingerprint density at radius 1 is 1.09 bits per heavy atom. The zero-order valence-electron chi connectivity index (χ0n) is 6.71. The molecule has 2 nitrogen and oxygen atoms in total. The van der Waals surface area contributed by atoms with Gasteiger partial charge in [-0.3, -0.25) is 0 Å². The molecule has 66 valence electrons. The molecule has 2 aliphatic heterocycles. The maximum Gasteiger partial charge on any atom is 0.0469 e. The SMILES string of the molecule is C1CC(C2CCOCC2)N1.Cl. The van der Waals surface area contributed by atoms with Crippen LogP contribution in [0.1, 0.15) is 19.3 Å². The van der Waals surface area contributed by atoms with Gasteiger partial charge in [-0.15, -0.1) is 12.4 Å². The Labute approximate surface area is 74.1 Å². The van der Waals surface area contributed by atoms with Gasteiger partial charge in [0, 0.05) is 19.3 Å². The molecule has 0 bridgehead atoms. The summed E-state index contributed by atoms with van der Waals surface area (Å²) in [5.41, 5.74) is 0. The largest absolute Gasteiger partial charge is 0.381 e. The molecule has 0 saturated carbocycles. The second kappa shape index (κ2) is 4.29. The first kappa shape index (κ1) is 9.30. The number of hydrogen-bond donors (Lipinski definition) is 1. The van der Waals surface area contributed by atoms with Crippen molar-refractivity contribution in [1.29, 1.82) is 0 Å². The number of rotatable bonds is 1. The molecule has 1 atom stereocenters. The van der Waals surface area contributed by atoms with Crippen molar-refractivity contribution in [3.8, 4) is 0 Å². The highest BCUT2D eigenvalue weighted by atomic mass is 35.5. The summed E-state index contributed by atoms with van der Waals surface area (Å²) in [6.07, 6.45) is 3.94. The molecule has 0 aromatic heterocycles. The number of ether oxygens (including phenoxy) is 1. The fourth-order valence-electron chi connectivity index (χ4n) is 1.83. The fraction of sp³-hybridized carbons (Fsp3) is 1.00. The van der Waals surface area contributed by atoms with Crippen molar-refractivity contribution < 1.29 is 4.74 Å². The van der Waals surface area contributed by atoms with Gasteiger partial charge in [-0.2, -0.15) is 0 Å². The molecule has 2 fully saturated rings. The van der Waals surface area contributed by atoms with Crippen LogP contribution in [0.4, 0.5) is 0 Å². The molecule has 2 saturated heterocycles. The molecule has 0 radical (unpaired) electrons. The van der Waals surface area contributed by atoms with Crippen molar-refractivity contribution in [1.82, 2.24) is 5.32 Å². The lowest BCUT2D eigenvalue weighted by atomic mass is 9.86. The second-order valence-corrected chi connectivity index (χ2v) is 3.30. The predicted octanol–water partition coefficient (Wildman–Crippen LogP) is 1.20. The normalized spacial score (nSPS) is 32.2. The summed E-state index contributed by atoms with van der Waals surface area (Å²) in [5, 5.41) is 3.46. The first-order valence-corrected chi connectivity index (χ1v) is 4.28. The fourth-order valence-corrected chi connectivity index (χ4v) is 1.83. The third-order valence-corrected chi connectivity index (χ3v) is 2.70. The van der Waals surface area contributed by atoms with Gasteiger partial charge in [0.25, 0.3) is 0 Å². The van der Waals surface area contributed by atoms with Crippen LogP contribution in [0.5, 0.6) is 0 Å². The van der Waals surface area contributed by atoms with Crippen molar-refractivity contribution in [2.24, 2.45) is 5.92 Å². The summed E-state index contributed by atoms with van der Waals surface area (Å²) in [7, 11) is 0. The van der Waals surface area contributed by atoms with Crippen LogP contribution in [0, 0.1) is 5.92 Å². The van der Waals surface area contributed by atoms with Crippen LogP contribution in [-0.2, 0) is 4.74 Å². The summed E-state index contributed by atoms with van der Waals surface area (Å²) in [5.74, 6) is 0.919. The van der Waals surface area contributed by atoms with Gasteiger partial charge < -0.3 is 10.1 Å². The van der Waals surface area contributed by atoms with E-state index in [1.165, 1.54) is 25.8 Å². The minimum atomic E-state index is 0. The Bertz CT molecular complexity index is 111. The summed E-state index contributed by atoms with van der Waals surface area (Å²) in [4.78, 5) is 0. The third-order valence-electron chi connectivity index (χ3n) is 2.70. The highest BCUT2D eigenvalue weighted by Crippen LogP contribution is 2.23. The molecule has 2 heterocycles. The number of nitrogens with one attached hydrogen (secondary N) is 1. The topological polar surface area (TPSA) is 21.3 Å². The van der Waals surface area contributed by atoms with Gasteiger partial charge in [-0.25, -0.2) is 0 Å². The van der Waals surface area contributed by atoms with Crippen molar-refractivity contribution in [2.45, 2.75) is 25.3 Å². The summed E-state index contributed by atoms with van der Waals surface area (Å²) < 4.78 is 5.29. The van der Waals surface area contributed by atoms with Gasteiger partial charge in [0.15, 0.2) is 0 Å². The lowest BCUT2D eigenvalue weighted by molar-refractivity contribution is 0.0439. The molecule has 1 N–H and O–H groups in total. The van der Waals surface area contributed by atoms with Gasteiger partial charge >= 0.3 is 0 Å². The van der Waals surface area contributed by atoms with Crippen molar-refractivity contribution in [3.63, 3.8) is 0 Å². The van der Waals surface area contributed by atoms with Crippen LogP contribution in [-0.4, -0.2) is 25.8 Å². The zero-order valence-corrected chi connectivity index (χ0v) is 7.53. The maximum absolute atomic E-state index is 5.29. The Balaban J connectivity index is 0.000000605. The van der Waals surface area contributed by atoms with Crippen LogP contribution in [0.2, 0.25) is 0 Å². The molecule has 1 unspecified atom stereocenters. The quantitative estimate of drug-likeness (QED) is 0.650. The second-order valence-electron chi connectivity index (χ2n) is 3.30. The Kier molecular flexibility index (Phi) is 3.63. The predicted molar refractivity (Wildman–Crippen MR) is 47.2 cm³/mol. The lowest BCUT2D eigenvalue weighted by Crippen LogP contribution is -2.49. The summed E-state index contributed by atoms with van der Waals surface area (Å²) in [6.45, 7) is 3.22. The first-order chi connectivity index (χ1) is 4.97. The van der Waals surface area contributed by atoms with E-state index in [1.807, 2.05) is 0 Å². The van der Waals surface area contributed by atoms with Gasteiger partial charge in [-0.1, -0.05) is 0 Å². The number of halogens is 1. The summed E-state index contributed by atoms with van der Waals surface area (Å²) in [6, 6.07) is 0.837. The van der Waals surface area contributed by atoms with E-state index in [0.29, 0.717) is 0 Å². The highest BCUT2D eigenvalue weighted by molar-refractivity contribution is 5.85. The maximum atomic E-state index is 5.29. The Morgan fingerprint density at radius 2 is 1.73 bits per heavy atom. The Morgan fingerprint density at radius 3 is 2.18 bits per heavy atom. The molecule has 0 aliphatic carbocycles. The van der Waals surface area contributed by atoms with Gasteiger partial charge in [0.1, 0.15) is 0 Å². The molecule has 2 rings (SSSR count). The molecule has 11 heavy (non-hydrogen) atoms. The van der Waals surface area contributed by atoms with E-state index in [4.69, 9.17) is 4.74 Å². The molecule has 0 aromatic rings. The average Bonchev–Trinajstić information content (AvgIpc) is 1.86. The summed E-state index contributed by atoms with van der Waals surface area (Å²) >= 11 is 0. The van der Waals surface area contributed by atoms with Crippen molar-refractivity contribution >= 4 is 12.4 Å². The van der Waals surface area contributed by atoms with Crippen LogP contribution in [0.15, 0.2) is 0 Å². The smallest absolute Gasteiger partial charge is 0.0469 e. The molecular formula is C8H16ClNO. The molecule has 0 spiro atoms. The van der Waals surface area contributed by atoms with Gasteiger partial charge in [0.05, 0.1) is 0 Å². The monoisotopic (exact) mass is 177 g/mol. The van der Waals surface area contributed by atoms with Gasteiger partial charge in [0.2, 0.25) is 0 Å². The van der Waals surface area contributed by atoms with E-state index in [2.05, 4.69) is 5.32 Å². The molecule has 2 aliphatic rings. The van der Waals surface area contributed by atoms with E-state index in [9.17, 15) is 0 Å². The standard InChI is InChI=1S/C8H15NO.ClH/c1-4-9-8(1)7-2-5-10-6-3-7;/h7-9H,1-6H2;1H. The van der Waals surface area contributed by atoms with Crippen molar-refractivity contribution in [3.05, 3.63) is 0 Å². The minimum Gasteiger partial charge on any atom is -0.381 e. The van der Waals surface area contributed by atoms with E-state index >= 15 is 0 Å². The minimum absolute atomic E-state index is 0. The Hall–Kier alpha value is 0.210. The van der Waals surface area contributed by atoms with Gasteiger partial charge in [-0.05, 0) is 31.7 Å². The van der Waals surface area contributed by atoms with Crippen LogP contribution < -0.4 is 5.32 Å². The van der Waals surface area contributed by atoms with Crippen LogP contribution >= 0.6 is 12.4 Å². The van der Waals surface area contributed by atoms with E-state index < -0.39 is 0 Å². The third kappa shape index (κ3) is 2.08. The average molecular weight is 178 g/mol. The molecular weight excluding hydrogens is 162 g/mol. The molecule has 3 heteroatoms. The van der Waals surface area contributed by atoms with Crippen LogP contribution in [0.3, 0.4) is 0 Å². The number of hydrogen-bond acceptors (Lipinski definition) is 2. The molecule has 0 aromatic carbocycles. The lowest BCUT2D eigenvalue weighted by Gasteiger charge is -2.37.